The molecule has 0 aliphatic carbocycles. The third kappa shape index (κ3) is 13.0. The lowest BCUT2D eigenvalue weighted by Crippen LogP contribution is -2.55. The van der Waals surface area contributed by atoms with E-state index in [1.807, 2.05) is 0 Å². The predicted octanol–water partition coefficient (Wildman–Crippen LogP) is 3.92. The SMILES string of the molecule is COS(=O)(=O)C(C(=O)OC(C)COCC(F)(F)C(F)(F)C(F)(F)F)C(CC(=O)OC(C)CO)C(=O)OC(C)COCC(F)(F)C(F)(F)C(C)(F)F. The van der Waals surface area contributed by atoms with E-state index in [4.69, 9.17) is 9.84 Å². The zero-order valence-electron chi connectivity index (χ0n) is 26.9. The summed E-state index contributed by atoms with van der Waals surface area (Å²) in [5.74, 6) is -37.2. The summed E-state index contributed by atoms with van der Waals surface area (Å²) < 4.78 is 222. The third-order valence-corrected chi connectivity index (χ3v) is 7.76. The summed E-state index contributed by atoms with van der Waals surface area (Å²) in [6.45, 7) is -6.39. The Morgan fingerprint density at radius 1 is 0.667 bits per heavy atom. The lowest BCUT2D eigenvalue weighted by atomic mass is 10.0. The van der Waals surface area contributed by atoms with Crippen LogP contribution in [0.5, 0.6) is 0 Å². The van der Waals surface area contributed by atoms with Gasteiger partial charge in [-0.3, -0.25) is 18.6 Å². The molecule has 0 aliphatic rings. The van der Waals surface area contributed by atoms with Crippen molar-refractivity contribution in [2.24, 2.45) is 5.92 Å². The van der Waals surface area contributed by atoms with E-state index in [-0.39, 0.29) is 0 Å². The van der Waals surface area contributed by atoms with Crippen molar-refractivity contribution in [1.82, 2.24) is 0 Å². The van der Waals surface area contributed by atoms with E-state index in [1.54, 1.807) is 0 Å². The molecule has 0 aromatic carbocycles. The Morgan fingerprint density at radius 3 is 1.45 bits per heavy atom. The Labute approximate surface area is 280 Å². The number of esters is 3. The molecule has 0 bridgehead atoms. The molecule has 0 aromatic heterocycles. The molecule has 0 fully saturated rings. The Kier molecular flexibility index (Phi) is 16.9. The minimum atomic E-state index is -6.71. The Morgan fingerprint density at radius 2 is 1.08 bits per heavy atom. The lowest BCUT2D eigenvalue weighted by Gasteiger charge is -2.30. The molecule has 0 rings (SSSR count). The predicted molar refractivity (Wildman–Crippen MR) is 140 cm³/mol. The highest BCUT2D eigenvalue weighted by molar-refractivity contribution is 7.88. The van der Waals surface area contributed by atoms with Gasteiger partial charge in [0.2, 0.25) is 0 Å². The molecule has 0 saturated carbocycles. The van der Waals surface area contributed by atoms with Gasteiger partial charge in [-0.25, -0.2) is 0 Å². The molecule has 302 valence electrons. The molecule has 5 atom stereocenters. The van der Waals surface area contributed by atoms with Gasteiger partial charge in [0.15, 0.2) is 5.25 Å². The summed E-state index contributed by atoms with van der Waals surface area (Å²) in [5.41, 5.74) is 0. The first-order valence-electron chi connectivity index (χ1n) is 13.8. The van der Waals surface area contributed by atoms with E-state index >= 15 is 0 Å². The smallest absolute Gasteiger partial charge is 0.459 e. The summed E-state index contributed by atoms with van der Waals surface area (Å²) in [7, 11) is -5.00. The van der Waals surface area contributed by atoms with Gasteiger partial charge in [0.1, 0.15) is 31.5 Å². The molecule has 0 saturated heterocycles. The van der Waals surface area contributed by atoms with Gasteiger partial charge in [0.25, 0.3) is 10.1 Å². The molecule has 26 heteroatoms. The largest absolute Gasteiger partial charge is 0.460 e. The van der Waals surface area contributed by atoms with E-state index < -0.39 is 140 Å². The van der Waals surface area contributed by atoms with Crippen LogP contribution in [0.4, 0.5) is 57.1 Å². The van der Waals surface area contributed by atoms with E-state index in [0.717, 1.165) is 13.8 Å². The summed E-state index contributed by atoms with van der Waals surface area (Å²) in [6.07, 6.45) is -13.3. The van der Waals surface area contributed by atoms with Crippen molar-refractivity contribution >= 4 is 28.0 Å². The Bertz CT molecular complexity index is 1270. The zero-order chi connectivity index (χ0) is 40.6. The highest BCUT2D eigenvalue weighted by Crippen LogP contribution is 2.47. The number of aliphatic hydroxyl groups excluding tert-OH is 1. The maximum absolute atomic E-state index is 13.7. The van der Waals surface area contributed by atoms with Crippen LogP contribution in [0.15, 0.2) is 0 Å². The Hall–Kier alpha value is -2.71. The zero-order valence-corrected chi connectivity index (χ0v) is 27.7. The second kappa shape index (κ2) is 17.9. The van der Waals surface area contributed by atoms with Gasteiger partial charge < -0.3 is 28.8 Å². The van der Waals surface area contributed by atoms with Crippen LogP contribution < -0.4 is 0 Å². The van der Waals surface area contributed by atoms with Gasteiger partial charge in [-0.15, -0.1) is 0 Å². The van der Waals surface area contributed by atoms with Crippen molar-refractivity contribution in [3.05, 3.63) is 0 Å². The van der Waals surface area contributed by atoms with Crippen LogP contribution in [0.3, 0.4) is 0 Å². The molecule has 5 unspecified atom stereocenters. The average molecular weight is 805 g/mol. The van der Waals surface area contributed by atoms with Crippen LogP contribution in [-0.2, 0) is 52.4 Å². The number of aliphatic hydroxyl groups is 1. The highest BCUT2D eigenvalue weighted by atomic mass is 32.2. The first-order chi connectivity index (χ1) is 22.7. The van der Waals surface area contributed by atoms with E-state index in [1.165, 1.54) is 0 Å². The van der Waals surface area contributed by atoms with Crippen LogP contribution in [-0.4, -0.2) is 131 Å². The highest BCUT2D eigenvalue weighted by Gasteiger charge is 2.73. The van der Waals surface area contributed by atoms with Gasteiger partial charge in [-0.1, -0.05) is 0 Å². The average Bonchev–Trinajstić information content (AvgIpc) is 2.94. The molecular weight excluding hydrogens is 771 g/mol. The van der Waals surface area contributed by atoms with Crippen LogP contribution >= 0.6 is 0 Å². The van der Waals surface area contributed by atoms with Gasteiger partial charge in [0, 0.05) is 6.92 Å². The molecule has 0 heterocycles. The first-order valence-corrected chi connectivity index (χ1v) is 15.3. The van der Waals surface area contributed by atoms with Crippen LogP contribution in [0.1, 0.15) is 34.1 Å². The van der Waals surface area contributed by atoms with E-state index in [9.17, 15) is 79.9 Å². The minimum Gasteiger partial charge on any atom is -0.460 e. The van der Waals surface area contributed by atoms with E-state index in [2.05, 4.69) is 23.1 Å². The maximum Gasteiger partial charge on any atom is 0.459 e. The number of ether oxygens (including phenoxy) is 5. The summed E-state index contributed by atoms with van der Waals surface area (Å²) in [4.78, 5) is 38.4. The molecule has 0 amide bonds. The van der Waals surface area contributed by atoms with Gasteiger partial charge in [-0.05, 0) is 20.8 Å². The quantitative estimate of drug-likeness (QED) is 0.0729. The summed E-state index contributed by atoms with van der Waals surface area (Å²) in [6, 6.07) is 0. The number of carbonyl (C=O) groups is 3. The van der Waals surface area contributed by atoms with E-state index in [0.29, 0.717) is 14.0 Å². The second-order valence-electron chi connectivity index (χ2n) is 10.8. The fourth-order valence-corrected chi connectivity index (χ4v) is 4.53. The molecule has 0 spiro atoms. The molecule has 1 N–H and O–H groups in total. The van der Waals surface area contributed by atoms with Crippen molar-refractivity contribution in [2.45, 2.75) is 93.5 Å². The second-order valence-corrected chi connectivity index (χ2v) is 12.7. The number of hydrogen-bond acceptors (Lipinski definition) is 12. The molecule has 12 nitrogen and oxygen atoms in total. The third-order valence-electron chi connectivity index (χ3n) is 6.15. The fourth-order valence-electron chi connectivity index (χ4n) is 3.43. The number of hydrogen-bond donors (Lipinski definition) is 1. The molecule has 51 heavy (non-hydrogen) atoms. The van der Waals surface area contributed by atoms with Crippen LogP contribution in [0.25, 0.3) is 0 Å². The number of alkyl halides is 13. The summed E-state index contributed by atoms with van der Waals surface area (Å²) >= 11 is 0. The molecule has 0 radical (unpaired) electrons. The topological polar surface area (TPSA) is 161 Å². The molecular formula is C25H33F13O12S. The van der Waals surface area contributed by atoms with Crippen molar-refractivity contribution in [1.29, 1.82) is 0 Å². The fraction of sp³-hybridized carbons (Fsp3) is 0.880. The number of carbonyl (C=O) groups excluding carboxylic acids is 3. The van der Waals surface area contributed by atoms with Gasteiger partial charge in [0.05, 0.1) is 39.3 Å². The molecule has 0 aromatic rings. The number of halogens is 13. The van der Waals surface area contributed by atoms with Crippen LogP contribution in [0, 0.1) is 5.92 Å². The normalized spacial score (nSPS) is 16.8. The standard InChI is InChI=1S/C25H33F13O12S/c1-12(7-39)48-16(40)6-15(18(41)49-13(2)8-46-10-21(28,29)23(32,33)20(4,26)27)17(51(43,44)45-5)19(42)50-14(3)9-47-11-22(30,31)24(34,35)25(36,37)38/h12-15,17,39H,6-11H2,1-5H3. The monoisotopic (exact) mass is 804 g/mol. The number of rotatable bonds is 22. The van der Waals surface area contributed by atoms with Crippen molar-refractivity contribution < 1.29 is 113 Å². The van der Waals surface area contributed by atoms with Crippen LogP contribution in [0.2, 0.25) is 0 Å². The van der Waals surface area contributed by atoms with Gasteiger partial charge in [-0.2, -0.15) is 65.5 Å². The van der Waals surface area contributed by atoms with Crippen molar-refractivity contribution in [2.75, 3.05) is 40.1 Å². The van der Waals surface area contributed by atoms with Crippen molar-refractivity contribution in [3.63, 3.8) is 0 Å². The minimum absolute atomic E-state index is 0.409. The van der Waals surface area contributed by atoms with Crippen molar-refractivity contribution in [3.8, 4) is 0 Å². The maximum atomic E-state index is 13.7. The lowest BCUT2D eigenvalue weighted by molar-refractivity contribution is -0.361. The van der Waals surface area contributed by atoms with Gasteiger partial charge >= 0.3 is 53.7 Å². The summed E-state index contributed by atoms with van der Waals surface area (Å²) in [5, 5.41) is 6.09. The Balaban J connectivity index is 6.15. The first kappa shape index (κ1) is 48.3. The molecule has 0 aliphatic heterocycles.